The van der Waals surface area contributed by atoms with Gasteiger partial charge in [-0.25, -0.2) is 4.98 Å². The lowest BCUT2D eigenvalue weighted by Gasteiger charge is -2.24. The Bertz CT molecular complexity index is 633. The summed E-state index contributed by atoms with van der Waals surface area (Å²) in [6, 6.07) is 6.72. The maximum atomic E-state index is 5.92. The fraction of sp³-hybridized carbons (Fsp3) is 0.588. The van der Waals surface area contributed by atoms with Gasteiger partial charge in [0, 0.05) is 17.1 Å². The number of aromatic nitrogens is 2. The average Bonchev–Trinajstić information content (AvgIpc) is 2.91. The zero-order chi connectivity index (χ0) is 14.5. The van der Waals surface area contributed by atoms with E-state index >= 15 is 0 Å². The quantitative estimate of drug-likeness (QED) is 0.787. The number of fused-ring (bicyclic) bond motifs is 1. The molecule has 0 aliphatic heterocycles. The van der Waals surface area contributed by atoms with Crippen molar-refractivity contribution >= 4 is 16.7 Å². The van der Waals surface area contributed by atoms with Gasteiger partial charge in [0.25, 0.3) is 0 Å². The number of anilines is 1. The third-order valence-electron chi connectivity index (χ3n) is 4.42. The van der Waals surface area contributed by atoms with Crippen LogP contribution < -0.4 is 5.73 Å². The number of rotatable bonds is 1. The Morgan fingerprint density at radius 3 is 2.60 bits per heavy atom. The summed E-state index contributed by atoms with van der Waals surface area (Å²) < 4.78 is 2.48. The van der Waals surface area contributed by atoms with E-state index in [2.05, 4.69) is 38.3 Å². The second kappa shape index (κ2) is 4.51. The molecular formula is C17H25N3. The first-order valence-corrected chi connectivity index (χ1v) is 7.64. The van der Waals surface area contributed by atoms with Crippen molar-refractivity contribution in [1.29, 1.82) is 0 Å². The number of benzene rings is 1. The minimum absolute atomic E-state index is 0.0552. The summed E-state index contributed by atoms with van der Waals surface area (Å²) in [5.41, 5.74) is 9.04. The molecule has 2 N–H and O–H groups in total. The molecule has 1 aromatic heterocycles. The molecule has 0 amide bonds. The van der Waals surface area contributed by atoms with E-state index in [1.54, 1.807) is 0 Å². The molecule has 3 heteroatoms. The Morgan fingerprint density at radius 2 is 2.00 bits per heavy atom. The van der Waals surface area contributed by atoms with Gasteiger partial charge in [-0.15, -0.1) is 0 Å². The van der Waals surface area contributed by atoms with Gasteiger partial charge >= 0.3 is 0 Å². The zero-order valence-corrected chi connectivity index (χ0v) is 13.0. The van der Waals surface area contributed by atoms with Crippen LogP contribution in [0.5, 0.6) is 0 Å². The van der Waals surface area contributed by atoms with Gasteiger partial charge in [-0.2, -0.15) is 0 Å². The summed E-state index contributed by atoms with van der Waals surface area (Å²) in [5.74, 6) is 2.01. The number of nitrogens with two attached hydrogens (primary N) is 1. The van der Waals surface area contributed by atoms with E-state index in [4.69, 9.17) is 10.7 Å². The van der Waals surface area contributed by atoms with Crippen LogP contribution in [0.1, 0.15) is 58.8 Å². The van der Waals surface area contributed by atoms with Crippen molar-refractivity contribution in [2.45, 2.75) is 58.4 Å². The van der Waals surface area contributed by atoms with Crippen LogP contribution in [0.4, 0.5) is 5.69 Å². The topological polar surface area (TPSA) is 43.8 Å². The van der Waals surface area contributed by atoms with Crippen molar-refractivity contribution in [3.63, 3.8) is 0 Å². The van der Waals surface area contributed by atoms with Crippen molar-refractivity contribution in [2.24, 2.45) is 5.92 Å². The molecular weight excluding hydrogens is 246 g/mol. The maximum absolute atomic E-state index is 5.92. The standard InChI is InChI=1S/C17H25N3/c1-11-5-7-13(9-11)20-15-8-6-12(18)10-14(15)19-16(20)17(2,3)4/h6,8,10-11,13H,5,7,9,18H2,1-4H3. The first-order chi connectivity index (χ1) is 9.36. The molecule has 108 valence electrons. The molecule has 0 saturated heterocycles. The smallest absolute Gasteiger partial charge is 0.115 e. The molecule has 1 aromatic carbocycles. The van der Waals surface area contributed by atoms with Crippen molar-refractivity contribution in [3.05, 3.63) is 24.0 Å². The van der Waals surface area contributed by atoms with Crippen LogP contribution in [0.25, 0.3) is 11.0 Å². The number of nitrogens with zero attached hydrogens (tertiary/aromatic N) is 2. The first kappa shape index (κ1) is 13.5. The van der Waals surface area contributed by atoms with Crippen LogP contribution in [0.15, 0.2) is 18.2 Å². The van der Waals surface area contributed by atoms with E-state index in [0.717, 1.165) is 17.1 Å². The van der Waals surface area contributed by atoms with Gasteiger partial charge < -0.3 is 10.3 Å². The molecule has 0 spiro atoms. The van der Waals surface area contributed by atoms with E-state index in [1.165, 1.54) is 30.6 Å². The predicted molar refractivity (Wildman–Crippen MR) is 84.9 cm³/mol. The highest BCUT2D eigenvalue weighted by Crippen LogP contribution is 2.39. The lowest BCUT2D eigenvalue weighted by molar-refractivity contribution is 0.436. The molecule has 2 atom stereocenters. The number of hydrogen-bond acceptors (Lipinski definition) is 2. The summed E-state index contributed by atoms with van der Waals surface area (Å²) in [4.78, 5) is 4.90. The van der Waals surface area contributed by atoms with Crippen molar-refractivity contribution in [3.8, 4) is 0 Å². The van der Waals surface area contributed by atoms with Gasteiger partial charge in [0.2, 0.25) is 0 Å². The van der Waals surface area contributed by atoms with Gasteiger partial charge in [-0.3, -0.25) is 0 Å². The van der Waals surface area contributed by atoms with E-state index < -0.39 is 0 Å². The molecule has 2 unspecified atom stereocenters. The van der Waals surface area contributed by atoms with Crippen LogP contribution in [-0.4, -0.2) is 9.55 Å². The highest BCUT2D eigenvalue weighted by atomic mass is 15.1. The number of hydrogen-bond donors (Lipinski definition) is 1. The van der Waals surface area contributed by atoms with Gasteiger partial charge in [-0.1, -0.05) is 27.7 Å². The summed E-state index contributed by atoms with van der Waals surface area (Å²) in [5, 5.41) is 0. The molecule has 0 radical (unpaired) electrons. The van der Waals surface area contributed by atoms with Crippen LogP contribution in [-0.2, 0) is 5.41 Å². The van der Waals surface area contributed by atoms with Gasteiger partial charge in [0.05, 0.1) is 11.0 Å². The van der Waals surface area contributed by atoms with Crippen LogP contribution in [0, 0.1) is 5.92 Å². The second-order valence-electron chi connectivity index (χ2n) is 7.38. The van der Waals surface area contributed by atoms with Crippen LogP contribution in [0.3, 0.4) is 0 Å². The monoisotopic (exact) mass is 271 g/mol. The minimum atomic E-state index is 0.0552. The molecule has 20 heavy (non-hydrogen) atoms. The summed E-state index contributed by atoms with van der Waals surface area (Å²) >= 11 is 0. The Morgan fingerprint density at radius 1 is 1.25 bits per heavy atom. The molecule has 2 aromatic rings. The zero-order valence-electron chi connectivity index (χ0n) is 13.0. The van der Waals surface area contributed by atoms with Crippen molar-refractivity contribution in [1.82, 2.24) is 9.55 Å². The largest absolute Gasteiger partial charge is 0.399 e. The fourth-order valence-corrected chi connectivity index (χ4v) is 3.43. The molecule has 1 saturated carbocycles. The van der Waals surface area contributed by atoms with Gasteiger partial charge in [0.1, 0.15) is 5.82 Å². The molecule has 1 fully saturated rings. The molecule has 1 heterocycles. The molecule has 3 rings (SSSR count). The number of nitrogen functional groups attached to an aromatic ring is 1. The molecule has 1 aliphatic carbocycles. The normalized spacial score (nSPS) is 23.6. The Labute approximate surface area is 121 Å². The van der Waals surface area contributed by atoms with E-state index in [9.17, 15) is 0 Å². The summed E-state index contributed by atoms with van der Waals surface area (Å²) in [6.07, 6.45) is 3.85. The summed E-state index contributed by atoms with van der Waals surface area (Å²) in [6.45, 7) is 9.08. The first-order valence-electron chi connectivity index (χ1n) is 7.64. The summed E-state index contributed by atoms with van der Waals surface area (Å²) in [7, 11) is 0. The highest BCUT2D eigenvalue weighted by molar-refractivity contribution is 5.80. The van der Waals surface area contributed by atoms with E-state index in [1.807, 2.05) is 12.1 Å². The van der Waals surface area contributed by atoms with Gasteiger partial charge in [-0.05, 0) is 43.4 Å². The number of imidazole rings is 1. The maximum Gasteiger partial charge on any atom is 0.115 e. The predicted octanol–water partition coefficient (Wildman–Crippen LogP) is 4.28. The minimum Gasteiger partial charge on any atom is -0.399 e. The van der Waals surface area contributed by atoms with Gasteiger partial charge in [0.15, 0.2) is 0 Å². The Balaban J connectivity index is 2.21. The van der Waals surface area contributed by atoms with E-state index in [-0.39, 0.29) is 5.41 Å². The van der Waals surface area contributed by atoms with Crippen molar-refractivity contribution < 1.29 is 0 Å². The Hall–Kier alpha value is -1.51. The lowest BCUT2D eigenvalue weighted by Crippen LogP contribution is -2.21. The van der Waals surface area contributed by atoms with E-state index in [0.29, 0.717) is 6.04 Å². The molecule has 3 nitrogen and oxygen atoms in total. The third kappa shape index (κ3) is 2.19. The van der Waals surface area contributed by atoms with Crippen molar-refractivity contribution in [2.75, 3.05) is 5.73 Å². The lowest BCUT2D eigenvalue weighted by atomic mass is 9.95. The average molecular weight is 271 g/mol. The fourth-order valence-electron chi connectivity index (χ4n) is 3.43. The Kier molecular flexibility index (Phi) is 3.03. The van der Waals surface area contributed by atoms with Crippen LogP contribution in [0.2, 0.25) is 0 Å². The molecule has 1 aliphatic rings. The SMILES string of the molecule is CC1CCC(n2c(C(C)(C)C)nc3cc(N)ccc32)C1. The van der Waals surface area contributed by atoms with Crippen LogP contribution >= 0.6 is 0 Å². The highest BCUT2D eigenvalue weighted by Gasteiger charge is 2.30. The third-order valence-corrected chi connectivity index (χ3v) is 4.42. The molecule has 0 bridgehead atoms. The second-order valence-corrected chi connectivity index (χ2v) is 7.38.